The largest absolute Gasteiger partial charge is 0.465 e. The van der Waals surface area contributed by atoms with Gasteiger partial charge in [0.05, 0.1) is 38.2 Å². The second-order valence-electron chi connectivity index (χ2n) is 8.53. The molecule has 0 saturated carbocycles. The highest BCUT2D eigenvalue weighted by Crippen LogP contribution is 2.24. The fourth-order valence-electron chi connectivity index (χ4n) is 4.20. The Morgan fingerprint density at radius 1 is 1.29 bits per heavy atom. The first kappa shape index (κ1) is 26.7. The first-order valence-corrected chi connectivity index (χ1v) is 13.2. The molecular formula is C25H34N4O5S. The van der Waals surface area contributed by atoms with E-state index >= 15 is 0 Å². The zero-order chi connectivity index (χ0) is 25.1. The summed E-state index contributed by atoms with van der Waals surface area (Å²) in [5, 5.41) is 2.82. The number of imidazole rings is 1. The van der Waals surface area contributed by atoms with Gasteiger partial charge in [0.25, 0.3) is 0 Å². The van der Waals surface area contributed by atoms with E-state index in [1.165, 1.54) is 7.11 Å². The van der Waals surface area contributed by atoms with Crippen LogP contribution in [-0.2, 0) is 36.7 Å². The molecule has 3 rings (SSSR count). The van der Waals surface area contributed by atoms with E-state index in [0.29, 0.717) is 24.4 Å². The molecule has 0 unspecified atom stereocenters. The van der Waals surface area contributed by atoms with Crippen molar-refractivity contribution in [2.75, 3.05) is 32.3 Å². The summed E-state index contributed by atoms with van der Waals surface area (Å²) in [7, 11) is 1.28. The Labute approximate surface area is 210 Å². The van der Waals surface area contributed by atoms with Crippen molar-refractivity contribution in [3.05, 3.63) is 54.1 Å². The summed E-state index contributed by atoms with van der Waals surface area (Å²) in [5.41, 5.74) is 0.106. The fourth-order valence-corrected chi connectivity index (χ4v) is 4.70. The van der Waals surface area contributed by atoms with Gasteiger partial charge in [-0.25, -0.2) is 9.78 Å². The molecule has 2 heterocycles. The zero-order valence-electron chi connectivity index (χ0n) is 20.3. The van der Waals surface area contributed by atoms with Gasteiger partial charge in [-0.05, 0) is 36.8 Å². The number of nitrogens with zero attached hydrogens (tertiary/aromatic N) is 2. The minimum Gasteiger partial charge on any atom is -0.465 e. The van der Waals surface area contributed by atoms with Crippen LogP contribution in [0.5, 0.6) is 0 Å². The van der Waals surface area contributed by atoms with Gasteiger partial charge in [-0.15, -0.1) is 0 Å². The van der Waals surface area contributed by atoms with Gasteiger partial charge in [-0.1, -0.05) is 30.3 Å². The van der Waals surface area contributed by atoms with Crippen LogP contribution < -0.4 is 5.32 Å². The molecule has 0 radical (unpaired) electrons. The fraction of sp³-hybridized carbons (Fsp3) is 0.520. The molecule has 0 aliphatic carbocycles. The van der Waals surface area contributed by atoms with Crippen LogP contribution in [0.1, 0.15) is 36.9 Å². The molecule has 1 aliphatic rings. The van der Waals surface area contributed by atoms with E-state index in [-0.39, 0.29) is 43.7 Å². The van der Waals surface area contributed by atoms with E-state index < -0.39 is 11.7 Å². The van der Waals surface area contributed by atoms with Gasteiger partial charge in [0.1, 0.15) is 0 Å². The quantitative estimate of drug-likeness (QED) is 0.319. The summed E-state index contributed by atoms with van der Waals surface area (Å²) in [6.45, 7) is 0.742. The van der Waals surface area contributed by atoms with Crippen LogP contribution >= 0.6 is 11.8 Å². The number of aromatic nitrogens is 2. The number of esters is 1. The molecular weight excluding hydrogens is 468 g/mol. The predicted octanol–water partition coefficient (Wildman–Crippen LogP) is 2.33. The minimum atomic E-state index is -1.61. The lowest BCUT2D eigenvalue weighted by Gasteiger charge is -2.34. The Kier molecular flexibility index (Phi) is 10.2. The second kappa shape index (κ2) is 13.3. The Hall–Kier alpha value is -2.85. The Bertz CT molecular complexity index is 956. The summed E-state index contributed by atoms with van der Waals surface area (Å²) < 4.78 is 11.2. The molecule has 10 heteroatoms. The van der Waals surface area contributed by atoms with Gasteiger partial charge >= 0.3 is 5.97 Å². The van der Waals surface area contributed by atoms with Crippen molar-refractivity contribution >= 4 is 29.5 Å². The smallest absolute Gasteiger partial charge is 0.359 e. The van der Waals surface area contributed by atoms with Gasteiger partial charge in [0.15, 0.2) is 0 Å². The standard InChI is InChI=1S/C25H34N4O5S/c1-33-24(32)25(12-14-35-2,28-22(30)11-10-19-7-4-3-5-8-19)34-17-21-9-6-13-29(21)23(31)15-20-16-26-18-27-20/h3-5,7-8,16,18,21H,6,9-15,17H2,1-2H3,(H,26,27)(H,28,30)/t21-,25-/m0/s1. The van der Waals surface area contributed by atoms with Crippen LogP contribution in [0.25, 0.3) is 0 Å². The molecule has 9 nitrogen and oxygen atoms in total. The number of aryl methyl sites for hydroxylation is 1. The van der Waals surface area contributed by atoms with Crippen LogP contribution in [0.3, 0.4) is 0 Å². The summed E-state index contributed by atoms with van der Waals surface area (Å²) in [6.07, 6.45) is 7.99. The number of ether oxygens (including phenoxy) is 2. The lowest BCUT2D eigenvalue weighted by atomic mass is 10.1. The third kappa shape index (κ3) is 7.57. The molecule has 1 fully saturated rings. The molecule has 0 spiro atoms. The number of nitrogens with one attached hydrogen (secondary N) is 2. The van der Waals surface area contributed by atoms with E-state index in [4.69, 9.17) is 9.47 Å². The maximum absolute atomic E-state index is 12.9. The van der Waals surface area contributed by atoms with E-state index in [2.05, 4.69) is 15.3 Å². The monoisotopic (exact) mass is 502 g/mol. The molecule has 190 valence electrons. The van der Waals surface area contributed by atoms with Crippen molar-refractivity contribution in [2.24, 2.45) is 0 Å². The molecule has 2 aromatic rings. The highest BCUT2D eigenvalue weighted by atomic mass is 32.2. The van der Waals surface area contributed by atoms with Crippen molar-refractivity contribution in [3.63, 3.8) is 0 Å². The highest BCUT2D eigenvalue weighted by Gasteiger charge is 2.43. The maximum atomic E-state index is 12.9. The van der Waals surface area contributed by atoms with E-state index in [9.17, 15) is 14.4 Å². The van der Waals surface area contributed by atoms with Crippen molar-refractivity contribution in [2.45, 2.75) is 50.3 Å². The molecule has 1 aliphatic heterocycles. The van der Waals surface area contributed by atoms with Crippen LogP contribution in [0.2, 0.25) is 0 Å². The average molecular weight is 503 g/mol. The highest BCUT2D eigenvalue weighted by molar-refractivity contribution is 7.98. The van der Waals surface area contributed by atoms with E-state index in [1.54, 1.807) is 29.2 Å². The third-order valence-corrected chi connectivity index (χ3v) is 6.72. The zero-order valence-corrected chi connectivity index (χ0v) is 21.1. The summed E-state index contributed by atoms with van der Waals surface area (Å²) in [5.74, 6) is -0.395. The molecule has 1 aromatic heterocycles. The number of hydrogen-bond acceptors (Lipinski definition) is 7. The van der Waals surface area contributed by atoms with Crippen molar-refractivity contribution < 1.29 is 23.9 Å². The number of H-pyrrole nitrogens is 1. The topological polar surface area (TPSA) is 114 Å². The number of methoxy groups -OCH3 is 1. The van der Waals surface area contributed by atoms with Crippen molar-refractivity contribution in [1.29, 1.82) is 0 Å². The number of carbonyl (C=O) groups excluding carboxylic acids is 3. The first-order chi connectivity index (χ1) is 17.0. The Morgan fingerprint density at radius 3 is 2.77 bits per heavy atom. The van der Waals surface area contributed by atoms with Crippen LogP contribution in [0.15, 0.2) is 42.9 Å². The van der Waals surface area contributed by atoms with E-state index in [1.807, 2.05) is 36.6 Å². The van der Waals surface area contributed by atoms with Gasteiger partial charge in [-0.3, -0.25) is 9.59 Å². The molecule has 2 N–H and O–H groups in total. The summed E-state index contributed by atoms with van der Waals surface area (Å²) >= 11 is 1.55. The maximum Gasteiger partial charge on any atom is 0.359 e. The molecule has 35 heavy (non-hydrogen) atoms. The van der Waals surface area contributed by atoms with Crippen molar-refractivity contribution in [3.8, 4) is 0 Å². The predicted molar refractivity (Wildman–Crippen MR) is 134 cm³/mol. The second-order valence-corrected chi connectivity index (χ2v) is 9.51. The van der Waals surface area contributed by atoms with Crippen LogP contribution in [-0.4, -0.2) is 76.7 Å². The average Bonchev–Trinajstić information content (AvgIpc) is 3.56. The molecule has 2 amide bonds. The molecule has 1 saturated heterocycles. The lowest BCUT2D eigenvalue weighted by molar-refractivity contribution is -0.180. The SMILES string of the molecule is COC(=O)[C@@](CCSC)(NC(=O)CCc1ccccc1)OC[C@@H]1CCCN1C(=O)Cc1c[nH]cn1. The Morgan fingerprint density at radius 2 is 2.09 bits per heavy atom. The first-order valence-electron chi connectivity index (χ1n) is 11.8. The summed E-state index contributed by atoms with van der Waals surface area (Å²) in [4.78, 5) is 47.4. The van der Waals surface area contributed by atoms with Gasteiger partial charge in [0.2, 0.25) is 17.5 Å². The number of likely N-dealkylation sites (tertiary alicyclic amines) is 1. The molecule has 1 aromatic carbocycles. The molecule has 2 atom stereocenters. The van der Waals surface area contributed by atoms with Crippen LogP contribution in [0, 0.1) is 0 Å². The number of carbonyl (C=O) groups is 3. The number of amides is 2. The lowest BCUT2D eigenvalue weighted by Crippen LogP contribution is -2.58. The minimum absolute atomic E-state index is 0.0390. The Balaban J connectivity index is 1.67. The van der Waals surface area contributed by atoms with Crippen LogP contribution in [0.4, 0.5) is 0 Å². The number of benzene rings is 1. The third-order valence-electron chi connectivity index (χ3n) is 6.11. The number of aromatic amines is 1. The molecule has 0 bridgehead atoms. The van der Waals surface area contributed by atoms with Gasteiger partial charge in [-0.2, -0.15) is 11.8 Å². The van der Waals surface area contributed by atoms with Gasteiger partial charge < -0.3 is 24.7 Å². The van der Waals surface area contributed by atoms with E-state index in [0.717, 1.165) is 18.4 Å². The van der Waals surface area contributed by atoms with Gasteiger partial charge in [0, 0.05) is 25.6 Å². The number of hydrogen-bond donors (Lipinski definition) is 2. The number of rotatable bonds is 13. The normalized spacial score (nSPS) is 17.1. The van der Waals surface area contributed by atoms with Crippen molar-refractivity contribution in [1.82, 2.24) is 20.2 Å². The number of thioether (sulfide) groups is 1. The summed E-state index contributed by atoms with van der Waals surface area (Å²) in [6, 6.07) is 9.50.